The lowest BCUT2D eigenvalue weighted by atomic mass is 9.97. The molecule has 1 aliphatic rings. The number of nitrogens with one attached hydrogen (secondary N) is 2. The molecule has 0 spiro atoms. The minimum absolute atomic E-state index is 0.0247. The number of carbonyl (C=O) groups excluding carboxylic acids is 2. The summed E-state index contributed by atoms with van der Waals surface area (Å²) in [6.45, 7) is 8.62. The molecule has 47 heavy (non-hydrogen) atoms. The van der Waals surface area contributed by atoms with E-state index in [1.165, 1.54) is 12.1 Å². The molecule has 4 N–H and O–H groups in total. The van der Waals surface area contributed by atoms with Gasteiger partial charge in [-0.3, -0.25) is 10.7 Å². The zero-order valence-corrected chi connectivity index (χ0v) is 27.7. The fourth-order valence-corrected chi connectivity index (χ4v) is 5.01. The number of halogens is 1. The average molecular weight is 656 g/mol. The molecule has 12 heteroatoms. The molecular formula is C35H50FN5O6. The van der Waals surface area contributed by atoms with Crippen molar-refractivity contribution in [3.05, 3.63) is 59.4 Å². The number of amidine groups is 2. The molecule has 1 heterocycles. The van der Waals surface area contributed by atoms with Crippen molar-refractivity contribution >= 4 is 23.9 Å². The number of ether oxygens (including phenoxy) is 4. The van der Waals surface area contributed by atoms with Crippen LogP contribution in [-0.4, -0.2) is 74.8 Å². The maximum Gasteiger partial charge on any atom is 0.435 e. The van der Waals surface area contributed by atoms with Gasteiger partial charge in [0.15, 0.2) is 0 Å². The zero-order valence-electron chi connectivity index (χ0n) is 27.7. The van der Waals surface area contributed by atoms with E-state index in [4.69, 9.17) is 30.1 Å². The third-order valence-electron chi connectivity index (χ3n) is 7.83. The molecule has 0 radical (unpaired) electrons. The highest BCUT2D eigenvalue weighted by molar-refractivity contribution is 6.04. The van der Waals surface area contributed by atoms with E-state index in [2.05, 4.69) is 22.1 Å². The Morgan fingerprint density at radius 2 is 1.57 bits per heavy atom. The number of amides is 2. The van der Waals surface area contributed by atoms with Crippen LogP contribution in [0.15, 0.2) is 47.5 Å². The van der Waals surface area contributed by atoms with Crippen LogP contribution in [0.2, 0.25) is 0 Å². The molecule has 3 rings (SSSR count). The summed E-state index contributed by atoms with van der Waals surface area (Å²) in [6.07, 6.45) is 6.96. The Morgan fingerprint density at radius 1 is 0.915 bits per heavy atom. The highest BCUT2D eigenvalue weighted by Crippen LogP contribution is 2.22. The minimum Gasteiger partial charge on any atom is -0.494 e. The summed E-state index contributed by atoms with van der Waals surface area (Å²) in [5, 5.41) is 10.3. The summed E-state index contributed by atoms with van der Waals surface area (Å²) in [6, 6.07) is 11.4. The van der Waals surface area contributed by atoms with E-state index in [-0.39, 0.29) is 23.8 Å². The standard InChI is InChI=1S/C35H50FN5O6/c1-3-5-7-21-45-34(42)39-32(37)27-10-12-28(13-11-27)44-23-9-18-41-19-16-26(17-20-41)25-47-29-14-15-30(31(36)24-29)33(38)40-35(43)46-22-8-6-4-2/h10-15,24,26H,3-9,16-23,25H2,1-2H3,(H2,37,39,42)(H2,38,40,43). The molecular weight excluding hydrogens is 605 g/mol. The van der Waals surface area contributed by atoms with Crippen LogP contribution in [-0.2, 0) is 9.47 Å². The fourth-order valence-electron chi connectivity index (χ4n) is 5.01. The molecule has 2 amide bonds. The first-order chi connectivity index (χ1) is 22.8. The lowest BCUT2D eigenvalue weighted by molar-refractivity contribution is 0.135. The van der Waals surface area contributed by atoms with Crippen LogP contribution in [0.3, 0.4) is 0 Å². The Bertz CT molecular complexity index is 1300. The molecule has 258 valence electrons. The van der Waals surface area contributed by atoms with Gasteiger partial charge in [-0.15, -0.1) is 0 Å². The van der Waals surface area contributed by atoms with Crippen LogP contribution in [0.25, 0.3) is 0 Å². The number of likely N-dealkylation sites (tertiary alicyclic amines) is 1. The van der Waals surface area contributed by atoms with Crippen molar-refractivity contribution < 1.29 is 32.9 Å². The molecule has 0 aliphatic carbocycles. The van der Waals surface area contributed by atoms with Crippen molar-refractivity contribution in [2.24, 2.45) is 16.6 Å². The van der Waals surface area contributed by atoms with Crippen molar-refractivity contribution in [1.82, 2.24) is 10.2 Å². The summed E-state index contributed by atoms with van der Waals surface area (Å²) in [5.41, 5.74) is 6.55. The van der Waals surface area contributed by atoms with Crippen LogP contribution in [0.4, 0.5) is 14.0 Å². The second-order valence-electron chi connectivity index (χ2n) is 11.6. The number of hydrogen-bond donors (Lipinski definition) is 3. The Hall–Kier alpha value is -4.19. The Kier molecular flexibility index (Phi) is 16.5. The maximum atomic E-state index is 14.7. The van der Waals surface area contributed by atoms with E-state index in [0.717, 1.165) is 83.2 Å². The number of unbranched alkanes of at least 4 members (excludes halogenated alkanes) is 4. The van der Waals surface area contributed by atoms with Gasteiger partial charge in [-0.2, -0.15) is 4.99 Å². The number of rotatable bonds is 18. The molecule has 0 atom stereocenters. The summed E-state index contributed by atoms with van der Waals surface area (Å²) in [5.74, 6) is 0.596. The largest absolute Gasteiger partial charge is 0.494 e. The number of hydrogen-bond acceptors (Lipinski definition) is 8. The van der Waals surface area contributed by atoms with Gasteiger partial charge in [0.05, 0.1) is 32.0 Å². The molecule has 1 saturated heterocycles. The number of piperidine rings is 1. The molecule has 0 saturated carbocycles. The quantitative estimate of drug-likeness (QED) is 0.0917. The van der Waals surface area contributed by atoms with Gasteiger partial charge in [0.2, 0.25) is 0 Å². The first-order valence-corrected chi connectivity index (χ1v) is 16.7. The first kappa shape index (κ1) is 37.3. The van der Waals surface area contributed by atoms with E-state index >= 15 is 0 Å². The van der Waals surface area contributed by atoms with E-state index in [9.17, 15) is 14.0 Å². The van der Waals surface area contributed by atoms with Crippen molar-refractivity contribution in [2.75, 3.05) is 46.1 Å². The van der Waals surface area contributed by atoms with Crippen LogP contribution in [0, 0.1) is 17.1 Å². The summed E-state index contributed by atoms with van der Waals surface area (Å²) >= 11 is 0. The van der Waals surface area contributed by atoms with Crippen LogP contribution >= 0.6 is 0 Å². The molecule has 0 unspecified atom stereocenters. The van der Waals surface area contributed by atoms with E-state index in [1.54, 1.807) is 18.2 Å². The Balaban J connectivity index is 1.29. The van der Waals surface area contributed by atoms with Crippen molar-refractivity contribution in [2.45, 2.75) is 71.6 Å². The normalized spacial score (nSPS) is 14.0. The van der Waals surface area contributed by atoms with Crippen molar-refractivity contribution in [1.29, 1.82) is 5.41 Å². The van der Waals surface area contributed by atoms with Crippen LogP contribution < -0.4 is 20.5 Å². The first-order valence-electron chi connectivity index (χ1n) is 16.7. The van der Waals surface area contributed by atoms with Crippen LogP contribution in [0.5, 0.6) is 11.5 Å². The van der Waals surface area contributed by atoms with E-state index < -0.39 is 18.0 Å². The summed E-state index contributed by atoms with van der Waals surface area (Å²) in [7, 11) is 0. The average Bonchev–Trinajstić information content (AvgIpc) is 3.07. The fraction of sp³-hybridized carbons (Fsp3) is 0.543. The number of aliphatic imine (C=N–C) groups is 1. The summed E-state index contributed by atoms with van der Waals surface area (Å²) < 4.78 is 36.5. The molecule has 1 aliphatic heterocycles. The molecule has 2 aromatic carbocycles. The predicted octanol–water partition coefficient (Wildman–Crippen LogP) is 6.66. The smallest absolute Gasteiger partial charge is 0.435 e. The van der Waals surface area contributed by atoms with Gasteiger partial charge in [-0.05, 0) is 87.5 Å². The highest BCUT2D eigenvalue weighted by atomic mass is 19.1. The minimum atomic E-state index is -0.762. The maximum absolute atomic E-state index is 14.7. The van der Waals surface area contributed by atoms with Gasteiger partial charge >= 0.3 is 12.2 Å². The second-order valence-corrected chi connectivity index (χ2v) is 11.6. The topological polar surface area (TPSA) is 149 Å². The monoisotopic (exact) mass is 655 g/mol. The number of carbonyl (C=O) groups is 2. The molecule has 0 aromatic heterocycles. The van der Waals surface area contributed by atoms with Crippen molar-refractivity contribution in [3.63, 3.8) is 0 Å². The number of alkyl carbamates (subject to hydrolysis) is 1. The zero-order chi connectivity index (χ0) is 33.9. The Labute approximate surface area is 277 Å². The van der Waals surface area contributed by atoms with Crippen molar-refractivity contribution in [3.8, 4) is 11.5 Å². The second kappa shape index (κ2) is 20.8. The SMILES string of the molecule is CCCCCOC(=O)N=C(N)c1ccc(OCCCN2CCC(COc3ccc(C(=N)NC(=O)OCCCCC)c(F)c3)CC2)cc1. The lowest BCUT2D eigenvalue weighted by Gasteiger charge is -2.31. The number of nitrogens with two attached hydrogens (primary N) is 1. The lowest BCUT2D eigenvalue weighted by Crippen LogP contribution is -2.36. The molecule has 2 aromatic rings. The van der Waals surface area contributed by atoms with Gasteiger partial charge in [-0.25, -0.2) is 14.0 Å². The van der Waals surface area contributed by atoms with Crippen LogP contribution in [0.1, 0.15) is 82.8 Å². The van der Waals surface area contributed by atoms with E-state index in [0.29, 0.717) is 37.1 Å². The highest BCUT2D eigenvalue weighted by Gasteiger charge is 2.20. The molecule has 0 bridgehead atoms. The van der Waals surface area contributed by atoms with Gasteiger partial charge in [0.1, 0.15) is 29.0 Å². The summed E-state index contributed by atoms with van der Waals surface area (Å²) in [4.78, 5) is 29.9. The Morgan fingerprint density at radius 3 is 2.23 bits per heavy atom. The van der Waals surface area contributed by atoms with Gasteiger partial charge in [-0.1, -0.05) is 39.5 Å². The predicted molar refractivity (Wildman–Crippen MR) is 180 cm³/mol. The number of benzene rings is 2. The van der Waals surface area contributed by atoms with E-state index in [1.807, 2.05) is 19.1 Å². The molecule has 11 nitrogen and oxygen atoms in total. The third kappa shape index (κ3) is 14.0. The number of nitrogens with zero attached hydrogens (tertiary/aromatic N) is 2. The van der Waals surface area contributed by atoms with Gasteiger partial charge in [0.25, 0.3) is 0 Å². The van der Waals surface area contributed by atoms with Gasteiger partial charge < -0.3 is 29.6 Å². The third-order valence-corrected chi connectivity index (χ3v) is 7.83. The van der Waals surface area contributed by atoms with Gasteiger partial charge in [0, 0.05) is 18.2 Å². The molecule has 1 fully saturated rings.